The lowest BCUT2D eigenvalue weighted by Crippen LogP contribution is -2.51. The van der Waals surface area contributed by atoms with Gasteiger partial charge in [0.25, 0.3) is 0 Å². The van der Waals surface area contributed by atoms with E-state index in [1.54, 1.807) is 0 Å². The molecule has 4 aliphatic carbocycles. The van der Waals surface area contributed by atoms with Crippen LogP contribution in [0.3, 0.4) is 0 Å². The van der Waals surface area contributed by atoms with Crippen LogP contribution in [0.5, 0.6) is 0 Å². The molecule has 0 aromatic rings. The third-order valence-electron chi connectivity index (χ3n) is 10.5. The van der Waals surface area contributed by atoms with E-state index in [0.29, 0.717) is 5.41 Å². The summed E-state index contributed by atoms with van der Waals surface area (Å²) in [4.78, 5) is 11.0. The molecule has 4 heteroatoms. The average Bonchev–Trinajstić information content (AvgIpc) is 3.05. The fraction of sp³-hybridized carbons (Fsp3) is 0.893. The Kier molecular flexibility index (Phi) is 7.74. The Morgan fingerprint density at radius 2 is 1.84 bits per heavy atom. The first-order chi connectivity index (χ1) is 14.6. The van der Waals surface area contributed by atoms with E-state index in [4.69, 9.17) is 9.84 Å². The van der Waals surface area contributed by atoms with E-state index in [1.807, 2.05) is 0 Å². The Bertz CT molecular complexity index is 703. The smallest absolute Gasteiger partial charge is 0.450 e. The Morgan fingerprint density at radius 1 is 1.09 bits per heavy atom. The summed E-state index contributed by atoms with van der Waals surface area (Å²) in [5.74, 6) is 5.09. The number of fused-ring (bicyclic) bond motifs is 5. The van der Waals surface area contributed by atoms with E-state index in [-0.39, 0.29) is 17.7 Å². The summed E-state index contributed by atoms with van der Waals surface area (Å²) in [5.41, 5.74) is 2.30. The van der Waals surface area contributed by atoms with Crippen LogP contribution in [0.15, 0.2) is 11.6 Å². The molecule has 0 heterocycles. The summed E-state index contributed by atoms with van der Waals surface area (Å²) in [6.07, 6.45) is 15.1. The average molecular weight is 448 g/mol. The highest BCUT2D eigenvalue weighted by Crippen LogP contribution is 2.67. The summed E-state index contributed by atoms with van der Waals surface area (Å²) in [7, 11) is 0. The summed E-state index contributed by atoms with van der Waals surface area (Å²) in [5, 5.41) is 9.05. The zero-order chi connectivity index (χ0) is 22.4. The molecule has 4 unspecified atom stereocenters. The van der Waals surface area contributed by atoms with Gasteiger partial charge in [-0.25, -0.2) is 4.79 Å². The maximum absolute atomic E-state index is 11.0. The van der Waals surface area contributed by atoms with Gasteiger partial charge in [-0.1, -0.05) is 65.5 Å². The van der Waals surface area contributed by atoms with Gasteiger partial charge in [0.15, 0.2) is 0 Å². The van der Waals surface area contributed by atoms with Gasteiger partial charge in [0.1, 0.15) is 6.10 Å². The SMILES string of the molecule is CC(C)CCC[C@@H](C)[C@H]1CCC2C3CC=C4CC(OC(=O)O)CC[C@]4(C)C3CC[C@@]21C.N. The second-order valence-corrected chi connectivity index (χ2v) is 12.5. The van der Waals surface area contributed by atoms with Gasteiger partial charge < -0.3 is 16.0 Å². The van der Waals surface area contributed by atoms with E-state index in [0.717, 1.165) is 54.8 Å². The summed E-state index contributed by atoms with van der Waals surface area (Å²) < 4.78 is 5.17. The third-order valence-corrected chi connectivity index (χ3v) is 10.5. The molecule has 0 bridgehead atoms. The summed E-state index contributed by atoms with van der Waals surface area (Å²) in [6.45, 7) is 12.4. The second kappa shape index (κ2) is 9.68. The Balaban J connectivity index is 0.00000289. The number of carboxylic acid groups (broad SMARTS) is 1. The standard InChI is InChI=1S/C28H46O3.H3N/c1-18(2)7-6-8-19(3)23-11-12-24-22-10-9-20-17-21(31-26(29)30)13-15-27(20,4)25(22)14-16-28(23,24)5;/h9,18-19,21-25H,6-8,10-17H2,1-5H3,(H,29,30);1H3/t19-,21?,22?,23-,24?,25?,27+,28-;/m1./s1. The van der Waals surface area contributed by atoms with Gasteiger partial charge in [-0.05, 0) is 91.3 Å². The number of hydrogen-bond acceptors (Lipinski definition) is 3. The van der Waals surface area contributed by atoms with Crippen LogP contribution in [0.2, 0.25) is 0 Å². The van der Waals surface area contributed by atoms with Gasteiger partial charge in [0.05, 0.1) is 0 Å². The van der Waals surface area contributed by atoms with Crippen molar-refractivity contribution < 1.29 is 14.6 Å². The van der Waals surface area contributed by atoms with Crippen LogP contribution in [0.25, 0.3) is 0 Å². The molecule has 0 aromatic heterocycles. The van der Waals surface area contributed by atoms with Gasteiger partial charge in [0.2, 0.25) is 0 Å². The molecule has 0 spiro atoms. The first kappa shape index (κ1) is 25.6. The Hall–Kier alpha value is -1.03. The first-order valence-electron chi connectivity index (χ1n) is 13.2. The number of ether oxygens (including phenoxy) is 1. The normalized spacial score (nSPS) is 41.6. The fourth-order valence-corrected chi connectivity index (χ4v) is 8.90. The van der Waals surface area contributed by atoms with E-state index in [9.17, 15) is 4.79 Å². The second-order valence-electron chi connectivity index (χ2n) is 12.5. The highest BCUT2D eigenvalue weighted by molar-refractivity contribution is 5.57. The third kappa shape index (κ3) is 4.50. The molecule has 8 atom stereocenters. The fourth-order valence-electron chi connectivity index (χ4n) is 8.90. The molecule has 0 radical (unpaired) electrons. The number of hydrogen-bond donors (Lipinski definition) is 2. The van der Waals surface area contributed by atoms with Crippen molar-refractivity contribution in [2.75, 3.05) is 0 Å². The van der Waals surface area contributed by atoms with Crippen molar-refractivity contribution in [3.05, 3.63) is 11.6 Å². The number of carbonyl (C=O) groups is 1. The molecular weight excluding hydrogens is 398 g/mol. The highest BCUT2D eigenvalue weighted by Gasteiger charge is 2.59. The summed E-state index contributed by atoms with van der Waals surface area (Å²) in [6, 6.07) is 0. The monoisotopic (exact) mass is 447 g/mol. The zero-order valence-electron chi connectivity index (χ0n) is 21.4. The molecule has 3 saturated carbocycles. The molecule has 4 N–H and O–H groups in total. The lowest BCUT2D eigenvalue weighted by molar-refractivity contribution is -0.0601. The maximum atomic E-state index is 11.0. The molecule has 3 fully saturated rings. The zero-order valence-corrected chi connectivity index (χ0v) is 21.4. The quantitative estimate of drug-likeness (QED) is 0.317. The van der Waals surface area contributed by atoms with Gasteiger partial charge in [-0.15, -0.1) is 0 Å². The minimum Gasteiger partial charge on any atom is -0.450 e. The van der Waals surface area contributed by atoms with Crippen molar-refractivity contribution in [2.45, 2.75) is 111 Å². The topological polar surface area (TPSA) is 81.5 Å². The minimum atomic E-state index is -1.11. The molecule has 4 aliphatic rings. The Labute approximate surface area is 196 Å². The van der Waals surface area contributed by atoms with Gasteiger partial charge in [-0.2, -0.15) is 0 Å². The molecule has 0 aliphatic heterocycles. The van der Waals surface area contributed by atoms with Crippen LogP contribution < -0.4 is 6.15 Å². The van der Waals surface area contributed by atoms with Crippen molar-refractivity contribution in [3.8, 4) is 0 Å². The predicted octanol–water partition coefficient (Wildman–Crippen LogP) is 8.25. The van der Waals surface area contributed by atoms with Gasteiger partial charge in [0, 0.05) is 6.42 Å². The van der Waals surface area contributed by atoms with Crippen molar-refractivity contribution in [1.82, 2.24) is 6.15 Å². The van der Waals surface area contributed by atoms with E-state index in [1.165, 1.54) is 56.9 Å². The molecule has 0 aromatic carbocycles. The van der Waals surface area contributed by atoms with Crippen LogP contribution in [0, 0.1) is 46.3 Å². The van der Waals surface area contributed by atoms with E-state index in [2.05, 4.69) is 40.7 Å². The van der Waals surface area contributed by atoms with Crippen LogP contribution >= 0.6 is 0 Å². The van der Waals surface area contributed by atoms with E-state index >= 15 is 0 Å². The molecule has 0 amide bonds. The summed E-state index contributed by atoms with van der Waals surface area (Å²) >= 11 is 0. The largest absolute Gasteiger partial charge is 0.506 e. The van der Waals surface area contributed by atoms with Crippen LogP contribution in [0.1, 0.15) is 105 Å². The van der Waals surface area contributed by atoms with Crippen molar-refractivity contribution in [2.24, 2.45) is 46.3 Å². The van der Waals surface area contributed by atoms with Crippen molar-refractivity contribution >= 4 is 6.16 Å². The number of allylic oxidation sites excluding steroid dienone is 1. The lowest BCUT2D eigenvalue weighted by Gasteiger charge is -2.58. The molecule has 32 heavy (non-hydrogen) atoms. The van der Waals surface area contributed by atoms with E-state index < -0.39 is 6.16 Å². The number of rotatable bonds is 6. The molecule has 4 rings (SSSR count). The van der Waals surface area contributed by atoms with Gasteiger partial charge in [-0.3, -0.25) is 0 Å². The van der Waals surface area contributed by atoms with Gasteiger partial charge >= 0.3 is 6.16 Å². The maximum Gasteiger partial charge on any atom is 0.506 e. The minimum absolute atomic E-state index is 0. The van der Waals surface area contributed by atoms with Crippen LogP contribution in [-0.4, -0.2) is 17.4 Å². The van der Waals surface area contributed by atoms with Crippen LogP contribution in [-0.2, 0) is 4.74 Å². The lowest BCUT2D eigenvalue weighted by atomic mass is 9.47. The highest BCUT2D eigenvalue weighted by atomic mass is 16.7. The Morgan fingerprint density at radius 3 is 2.53 bits per heavy atom. The van der Waals surface area contributed by atoms with Crippen molar-refractivity contribution in [3.63, 3.8) is 0 Å². The molecule has 4 nitrogen and oxygen atoms in total. The first-order valence-corrected chi connectivity index (χ1v) is 13.2. The van der Waals surface area contributed by atoms with Crippen molar-refractivity contribution in [1.29, 1.82) is 0 Å². The molecule has 184 valence electrons. The molecule has 0 saturated heterocycles. The van der Waals surface area contributed by atoms with Crippen LogP contribution in [0.4, 0.5) is 4.79 Å². The predicted molar refractivity (Wildman–Crippen MR) is 131 cm³/mol. The molecular formula is C28H49NO3.